The molecule has 8 nitrogen and oxygen atoms in total. The lowest BCUT2D eigenvalue weighted by molar-refractivity contribution is 0.0741. The molecule has 6 rings (SSSR count). The van der Waals surface area contributed by atoms with E-state index >= 15 is 0 Å². The van der Waals surface area contributed by atoms with Crippen LogP contribution in [-0.2, 0) is 5.75 Å². The molecule has 0 aliphatic carbocycles. The summed E-state index contributed by atoms with van der Waals surface area (Å²) in [6, 6.07) is 23.1. The van der Waals surface area contributed by atoms with Gasteiger partial charge in [0.25, 0.3) is 5.91 Å². The van der Waals surface area contributed by atoms with Gasteiger partial charge in [0.1, 0.15) is 16.5 Å². The van der Waals surface area contributed by atoms with Gasteiger partial charge in [0.2, 0.25) is 0 Å². The third-order valence-electron chi connectivity index (χ3n) is 6.98. The lowest BCUT2D eigenvalue weighted by Crippen LogP contribution is -2.49. The smallest absolute Gasteiger partial charge is 0.273 e. The van der Waals surface area contributed by atoms with E-state index in [2.05, 4.69) is 26.1 Å². The topological polar surface area (TPSA) is 76.4 Å². The summed E-state index contributed by atoms with van der Waals surface area (Å²) in [7, 11) is 0. The van der Waals surface area contributed by atoms with Crippen LogP contribution in [0.3, 0.4) is 0 Å². The fraction of sp³-hybridized carbons (Fsp3) is 0.226. The van der Waals surface area contributed by atoms with Gasteiger partial charge >= 0.3 is 0 Å². The van der Waals surface area contributed by atoms with Crippen molar-refractivity contribution >= 4 is 57.9 Å². The van der Waals surface area contributed by atoms with E-state index in [0.717, 1.165) is 40.8 Å². The summed E-state index contributed by atoms with van der Waals surface area (Å²) in [5.74, 6) is 1.97. The molecular weight excluding hydrogens is 623 g/mol. The Bertz CT molecular complexity index is 1730. The lowest BCUT2D eigenvalue weighted by atomic mass is 10.2. The Morgan fingerprint density at radius 2 is 1.77 bits per heavy atom. The van der Waals surface area contributed by atoms with Gasteiger partial charge in [-0.3, -0.25) is 9.36 Å². The first kappa shape index (κ1) is 29.5. The van der Waals surface area contributed by atoms with E-state index in [1.54, 1.807) is 0 Å². The number of thioether (sulfide) groups is 1. The molecule has 43 heavy (non-hydrogen) atoms. The van der Waals surface area contributed by atoms with Crippen molar-refractivity contribution in [1.82, 2.24) is 24.6 Å². The van der Waals surface area contributed by atoms with Gasteiger partial charge in [0.15, 0.2) is 11.0 Å². The standard InChI is InChI=1S/C31H28Cl2N6O2S2/c1-2-41-27-13-6-5-12-26(27)37-14-16-38(17-15-37)30(40)25-19-42-28(34-25)20-43-31-36-35-29(23-10-3-4-11-24(23)33)39(31)22-9-7-8-21(32)18-22/h3-13,18-19H,2,14-17,20H2,1H3. The molecule has 3 aromatic carbocycles. The average molecular weight is 652 g/mol. The molecule has 1 saturated heterocycles. The second kappa shape index (κ2) is 13.4. The minimum absolute atomic E-state index is 0.0478. The third-order valence-corrected chi connectivity index (χ3v) is 9.52. The number of ether oxygens (including phenoxy) is 1. The number of carbonyl (C=O) groups excluding carboxylic acids is 1. The maximum atomic E-state index is 13.3. The molecule has 0 radical (unpaired) electrons. The van der Waals surface area contributed by atoms with Gasteiger partial charge in [-0.25, -0.2) is 4.98 Å². The second-order valence-corrected chi connectivity index (χ2v) is 12.4. The number of piperazine rings is 1. The number of aromatic nitrogens is 4. The molecule has 5 aromatic rings. The number of rotatable bonds is 9. The number of anilines is 1. The maximum absolute atomic E-state index is 13.3. The van der Waals surface area contributed by atoms with E-state index in [4.69, 9.17) is 27.9 Å². The summed E-state index contributed by atoms with van der Waals surface area (Å²) in [4.78, 5) is 22.2. The molecule has 12 heteroatoms. The van der Waals surface area contributed by atoms with Crippen molar-refractivity contribution in [3.05, 3.63) is 98.9 Å². The normalized spacial score (nSPS) is 13.4. The van der Waals surface area contributed by atoms with Crippen LogP contribution in [0.4, 0.5) is 5.69 Å². The molecule has 3 heterocycles. The lowest BCUT2D eigenvalue weighted by Gasteiger charge is -2.36. The van der Waals surface area contributed by atoms with Crippen molar-refractivity contribution in [2.75, 3.05) is 37.7 Å². The molecule has 0 N–H and O–H groups in total. The number of thiazole rings is 1. The van der Waals surface area contributed by atoms with Crippen LogP contribution in [-0.4, -0.2) is 63.3 Å². The van der Waals surface area contributed by atoms with Gasteiger partial charge in [-0.2, -0.15) is 0 Å². The van der Waals surface area contributed by atoms with Gasteiger partial charge < -0.3 is 14.5 Å². The van der Waals surface area contributed by atoms with Crippen molar-refractivity contribution in [3.63, 3.8) is 0 Å². The summed E-state index contributed by atoms with van der Waals surface area (Å²) < 4.78 is 7.75. The van der Waals surface area contributed by atoms with Crippen LogP contribution in [0, 0.1) is 0 Å². The van der Waals surface area contributed by atoms with E-state index < -0.39 is 0 Å². The third kappa shape index (κ3) is 6.52. The summed E-state index contributed by atoms with van der Waals surface area (Å²) >= 11 is 15.8. The maximum Gasteiger partial charge on any atom is 0.273 e. The number of amides is 1. The molecule has 0 spiro atoms. The second-order valence-electron chi connectivity index (χ2n) is 9.70. The molecule has 1 amide bonds. The van der Waals surface area contributed by atoms with Crippen molar-refractivity contribution < 1.29 is 9.53 Å². The van der Waals surface area contributed by atoms with Crippen LogP contribution < -0.4 is 9.64 Å². The van der Waals surface area contributed by atoms with Crippen molar-refractivity contribution in [1.29, 1.82) is 0 Å². The van der Waals surface area contributed by atoms with Crippen molar-refractivity contribution in [2.24, 2.45) is 0 Å². The molecule has 0 atom stereocenters. The molecule has 0 unspecified atom stereocenters. The van der Waals surface area contributed by atoms with E-state index in [0.29, 0.717) is 52.2 Å². The largest absolute Gasteiger partial charge is 0.492 e. The molecule has 1 aliphatic heterocycles. The number of hydrogen-bond donors (Lipinski definition) is 0. The van der Waals surface area contributed by atoms with Gasteiger partial charge in [0.05, 0.1) is 28.8 Å². The number of halogens is 2. The summed E-state index contributed by atoms with van der Waals surface area (Å²) in [5, 5.41) is 13.5. The van der Waals surface area contributed by atoms with Gasteiger partial charge in [-0.15, -0.1) is 21.5 Å². The predicted molar refractivity (Wildman–Crippen MR) is 174 cm³/mol. The molecule has 0 saturated carbocycles. The van der Waals surface area contributed by atoms with Crippen LogP contribution in [0.5, 0.6) is 5.75 Å². The molecular formula is C31H28Cl2N6O2S2. The van der Waals surface area contributed by atoms with Gasteiger partial charge in [-0.05, 0) is 49.4 Å². The number of nitrogens with zero attached hydrogens (tertiary/aromatic N) is 6. The number of para-hydroxylation sites is 2. The highest BCUT2D eigenvalue weighted by Gasteiger charge is 2.26. The van der Waals surface area contributed by atoms with Crippen LogP contribution in [0.2, 0.25) is 10.0 Å². The van der Waals surface area contributed by atoms with Crippen molar-refractivity contribution in [2.45, 2.75) is 17.8 Å². The first-order valence-corrected chi connectivity index (χ1v) is 16.4. The van der Waals surface area contributed by atoms with Gasteiger partial charge in [0, 0.05) is 42.1 Å². The zero-order valence-electron chi connectivity index (χ0n) is 23.3. The predicted octanol–water partition coefficient (Wildman–Crippen LogP) is 7.35. The summed E-state index contributed by atoms with van der Waals surface area (Å²) in [6.07, 6.45) is 0. The van der Waals surface area contributed by atoms with Gasteiger partial charge in [-0.1, -0.05) is 65.3 Å². The minimum Gasteiger partial charge on any atom is -0.492 e. The first-order chi connectivity index (χ1) is 21.0. The zero-order valence-corrected chi connectivity index (χ0v) is 26.5. The molecule has 2 aromatic heterocycles. The SMILES string of the molecule is CCOc1ccccc1N1CCN(C(=O)c2csc(CSc3nnc(-c4ccccc4Cl)n3-c3cccc(Cl)c3)n2)CC1. The Morgan fingerprint density at radius 1 is 0.977 bits per heavy atom. The van der Waals surface area contributed by atoms with Crippen LogP contribution in [0.25, 0.3) is 17.1 Å². The number of hydrogen-bond acceptors (Lipinski definition) is 8. The van der Waals surface area contributed by atoms with E-state index in [1.807, 2.05) is 88.5 Å². The molecule has 0 bridgehead atoms. The molecule has 220 valence electrons. The summed E-state index contributed by atoms with van der Waals surface area (Å²) in [6.45, 7) is 5.30. The molecule has 1 aliphatic rings. The van der Waals surface area contributed by atoms with Crippen LogP contribution >= 0.6 is 46.3 Å². The summed E-state index contributed by atoms with van der Waals surface area (Å²) in [5.41, 5.74) is 3.13. The highest BCUT2D eigenvalue weighted by molar-refractivity contribution is 7.98. The van der Waals surface area contributed by atoms with E-state index in [9.17, 15) is 4.79 Å². The van der Waals surface area contributed by atoms with Crippen molar-refractivity contribution in [3.8, 4) is 22.8 Å². The monoisotopic (exact) mass is 650 g/mol. The fourth-order valence-corrected chi connectivity index (χ4v) is 7.08. The Morgan fingerprint density at radius 3 is 2.56 bits per heavy atom. The first-order valence-electron chi connectivity index (χ1n) is 13.8. The van der Waals surface area contributed by atoms with E-state index in [-0.39, 0.29) is 5.91 Å². The number of benzene rings is 3. The quantitative estimate of drug-likeness (QED) is 0.154. The van der Waals surface area contributed by atoms with Crippen LogP contribution in [0.15, 0.2) is 83.3 Å². The highest BCUT2D eigenvalue weighted by Crippen LogP contribution is 2.34. The fourth-order valence-electron chi connectivity index (χ4n) is 4.94. The Kier molecular flexibility index (Phi) is 9.18. The number of carbonyl (C=O) groups is 1. The van der Waals surface area contributed by atoms with Crippen LogP contribution in [0.1, 0.15) is 22.4 Å². The Balaban J connectivity index is 1.14. The minimum atomic E-state index is -0.0478. The highest BCUT2D eigenvalue weighted by atomic mass is 35.5. The van der Waals surface area contributed by atoms with E-state index in [1.165, 1.54) is 23.1 Å². The average Bonchev–Trinajstić information content (AvgIpc) is 3.68. The zero-order chi connectivity index (χ0) is 29.8. The molecule has 1 fully saturated rings. The Labute approximate surface area is 268 Å². The Hall–Kier alpha value is -3.57.